The number of imidazole rings is 1. The Kier molecular flexibility index (Phi) is 5.90. The summed E-state index contributed by atoms with van der Waals surface area (Å²) in [7, 11) is -3.77. The fourth-order valence-corrected chi connectivity index (χ4v) is 4.16. The molecule has 11 heteroatoms. The molecule has 3 aromatic heterocycles. The summed E-state index contributed by atoms with van der Waals surface area (Å²) in [5, 5.41) is 16.1. The van der Waals surface area contributed by atoms with Crippen LogP contribution in [0.25, 0.3) is 5.82 Å². The van der Waals surface area contributed by atoms with E-state index >= 15 is 0 Å². The molecule has 1 aromatic carbocycles. The van der Waals surface area contributed by atoms with Crippen molar-refractivity contribution in [2.24, 2.45) is 0 Å². The first kappa shape index (κ1) is 22.5. The Labute approximate surface area is 192 Å². The van der Waals surface area contributed by atoms with Crippen LogP contribution < -0.4 is 10.0 Å². The lowest BCUT2D eigenvalue weighted by molar-refractivity contribution is 0.591. The average Bonchev–Trinajstić information content (AvgIpc) is 3.38. The lowest BCUT2D eigenvalue weighted by atomic mass is 10.2. The second-order valence-corrected chi connectivity index (χ2v) is 9.67. The summed E-state index contributed by atoms with van der Waals surface area (Å²) in [6, 6.07) is 10.6. The summed E-state index contributed by atoms with van der Waals surface area (Å²) >= 11 is 0. The maximum absolute atomic E-state index is 12.6. The number of hydrogen-bond acceptors (Lipinski definition) is 7. The molecular weight excluding hydrogens is 440 g/mol. The number of nitrogens with one attached hydrogen (secondary N) is 2. The Morgan fingerprint density at radius 2 is 1.64 bits per heavy atom. The number of sulfonamides is 1. The maximum atomic E-state index is 12.6. The van der Waals surface area contributed by atoms with Gasteiger partial charge < -0.3 is 9.88 Å². The molecule has 4 rings (SSSR count). The second-order valence-electron chi connectivity index (χ2n) is 8.05. The number of aryl methyl sites for hydroxylation is 1. The van der Waals surface area contributed by atoms with Gasteiger partial charge in [-0.05, 0) is 76.6 Å². The molecule has 33 heavy (non-hydrogen) atoms. The van der Waals surface area contributed by atoms with Gasteiger partial charge in [0, 0.05) is 29.3 Å². The first-order valence-electron chi connectivity index (χ1n) is 10.4. The third-order valence-corrected chi connectivity index (χ3v) is 6.65. The lowest BCUT2D eigenvalue weighted by Gasteiger charge is -2.09. The van der Waals surface area contributed by atoms with Gasteiger partial charge in [-0.25, -0.2) is 9.67 Å². The van der Waals surface area contributed by atoms with Crippen molar-refractivity contribution < 1.29 is 8.42 Å². The molecule has 0 saturated heterocycles. The number of aromatic nitrogens is 6. The third-order valence-electron chi connectivity index (χ3n) is 5.38. The predicted molar refractivity (Wildman–Crippen MR) is 127 cm³/mol. The summed E-state index contributed by atoms with van der Waals surface area (Å²) in [5.74, 6) is 1.20. The van der Waals surface area contributed by atoms with E-state index in [1.807, 2.05) is 46.8 Å². The molecule has 172 valence electrons. The molecule has 0 aliphatic rings. The monoisotopic (exact) mass is 466 g/mol. The number of rotatable bonds is 7. The molecule has 10 nitrogen and oxygen atoms in total. The van der Waals surface area contributed by atoms with Crippen LogP contribution in [0.4, 0.5) is 17.2 Å². The molecule has 0 fully saturated rings. The fourth-order valence-electron chi connectivity index (χ4n) is 3.16. The van der Waals surface area contributed by atoms with Crippen molar-refractivity contribution in [2.75, 3.05) is 10.0 Å². The summed E-state index contributed by atoms with van der Waals surface area (Å²) in [6.45, 7) is 9.89. The van der Waals surface area contributed by atoms with E-state index in [1.165, 1.54) is 12.5 Å². The van der Waals surface area contributed by atoms with E-state index < -0.39 is 10.0 Å². The first-order chi connectivity index (χ1) is 15.6. The molecular formula is C22H26N8O2S. The van der Waals surface area contributed by atoms with Crippen molar-refractivity contribution in [1.82, 2.24) is 29.5 Å². The molecule has 0 spiro atoms. The zero-order chi connectivity index (χ0) is 23.8. The van der Waals surface area contributed by atoms with Crippen molar-refractivity contribution in [3.05, 3.63) is 65.9 Å². The quantitative estimate of drug-likeness (QED) is 0.424. The van der Waals surface area contributed by atoms with Crippen LogP contribution in [0.3, 0.4) is 0 Å². The predicted octanol–water partition coefficient (Wildman–Crippen LogP) is 3.91. The Bertz CT molecular complexity index is 1370. The van der Waals surface area contributed by atoms with Crippen LogP contribution in [-0.2, 0) is 10.0 Å². The van der Waals surface area contributed by atoms with Gasteiger partial charge in [0.05, 0.1) is 12.0 Å². The Balaban J connectivity index is 1.43. The molecule has 0 bridgehead atoms. The lowest BCUT2D eigenvalue weighted by Crippen LogP contribution is -2.13. The standard InChI is InChI=1S/C22H26N8O2S/c1-14(2)29-12-22(23-13-29)33(31,32)28-19-8-6-18(7-9-19)24-20-10-11-21(26-25-20)30-17(5)15(3)16(4)27-30/h6-14,28H,1-5H3,(H,24,25). The summed E-state index contributed by atoms with van der Waals surface area (Å²) in [6.07, 6.45) is 3.02. The highest BCUT2D eigenvalue weighted by molar-refractivity contribution is 7.92. The molecule has 0 saturated carbocycles. The van der Waals surface area contributed by atoms with Gasteiger partial charge in [0.25, 0.3) is 10.0 Å². The molecule has 0 aliphatic carbocycles. The number of benzene rings is 1. The van der Waals surface area contributed by atoms with Gasteiger partial charge in [-0.1, -0.05) is 0 Å². The van der Waals surface area contributed by atoms with Crippen LogP contribution in [-0.4, -0.2) is 37.9 Å². The van der Waals surface area contributed by atoms with E-state index in [1.54, 1.807) is 33.5 Å². The van der Waals surface area contributed by atoms with E-state index in [4.69, 9.17) is 0 Å². The molecule has 3 heterocycles. The molecule has 0 aliphatic heterocycles. The number of nitrogens with zero attached hydrogens (tertiary/aromatic N) is 6. The largest absolute Gasteiger partial charge is 0.339 e. The Morgan fingerprint density at radius 1 is 0.939 bits per heavy atom. The van der Waals surface area contributed by atoms with Crippen LogP contribution >= 0.6 is 0 Å². The van der Waals surface area contributed by atoms with Gasteiger partial charge in [-0.3, -0.25) is 4.72 Å². The van der Waals surface area contributed by atoms with Crippen LogP contribution in [0.1, 0.15) is 36.8 Å². The van der Waals surface area contributed by atoms with Gasteiger partial charge >= 0.3 is 0 Å². The molecule has 0 radical (unpaired) electrons. The summed E-state index contributed by atoms with van der Waals surface area (Å²) < 4.78 is 31.2. The van der Waals surface area contributed by atoms with E-state index in [0.29, 0.717) is 17.3 Å². The van der Waals surface area contributed by atoms with Gasteiger partial charge in [-0.2, -0.15) is 13.5 Å². The summed E-state index contributed by atoms with van der Waals surface area (Å²) in [4.78, 5) is 4.00. The highest BCUT2D eigenvalue weighted by atomic mass is 32.2. The van der Waals surface area contributed by atoms with Crippen LogP contribution in [0.2, 0.25) is 0 Å². The zero-order valence-corrected chi connectivity index (χ0v) is 19.9. The van der Waals surface area contributed by atoms with Crippen LogP contribution in [0.15, 0.2) is 53.9 Å². The van der Waals surface area contributed by atoms with Gasteiger partial charge in [0.15, 0.2) is 16.7 Å². The SMILES string of the molecule is Cc1nn(-c2ccc(Nc3ccc(NS(=O)(=O)c4cn(C(C)C)cn4)cc3)nn2)c(C)c1C. The number of hydrogen-bond donors (Lipinski definition) is 2. The van der Waals surface area contributed by atoms with Gasteiger partial charge in [0.1, 0.15) is 0 Å². The minimum atomic E-state index is -3.77. The third kappa shape index (κ3) is 4.72. The van der Waals surface area contributed by atoms with E-state index in [2.05, 4.69) is 30.3 Å². The van der Waals surface area contributed by atoms with Crippen molar-refractivity contribution in [2.45, 2.75) is 45.7 Å². The first-order valence-corrected chi connectivity index (χ1v) is 11.9. The van der Waals surface area contributed by atoms with Crippen LogP contribution in [0.5, 0.6) is 0 Å². The van der Waals surface area contributed by atoms with Gasteiger partial charge in [0.2, 0.25) is 0 Å². The smallest absolute Gasteiger partial charge is 0.280 e. The average molecular weight is 467 g/mol. The van der Waals surface area contributed by atoms with E-state index in [0.717, 1.165) is 22.6 Å². The topological polar surface area (TPSA) is 120 Å². The molecule has 4 aromatic rings. The number of anilines is 3. The summed E-state index contributed by atoms with van der Waals surface area (Å²) in [5.41, 5.74) is 4.28. The van der Waals surface area contributed by atoms with Crippen molar-refractivity contribution in [1.29, 1.82) is 0 Å². The second kappa shape index (κ2) is 8.66. The van der Waals surface area contributed by atoms with Crippen molar-refractivity contribution in [3.8, 4) is 5.82 Å². The fraction of sp³-hybridized carbons (Fsp3) is 0.273. The van der Waals surface area contributed by atoms with E-state index in [-0.39, 0.29) is 11.1 Å². The van der Waals surface area contributed by atoms with Crippen LogP contribution in [0, 0.1) is 20.8 Å². The minimum Gasteiger partial charge on any atom is -0.339 e. The van der Waals surface area contributed by atoms with E-state index in [9.17, 15) is 8.42 Å². The van der Waals surface area contributed by atoms with Crippen molar-refractivity contribution >= 4 is 27.2 Å². The van der Waals surface area contributed by atoms with Crippen molar-refractivity contribution in [3.63, 3.8) is 0 Å². The zero-order valence-electron chi connectivity index (χ0n) is 19.1. The molecule has 0 unspecified atom stereocenters. The Morgan fingerprint density at radius 3 is 2.18 bits per heavy atom. The molecule has 0 atom stereocenters. The maximum Gasteiger partial charge on any atom is 0.280 e. The van der Waals surface area contributed by atoms with Gasteiger partial charge in [-0.15, -0.1) is 10.2 Å². The highest BCUT2D eigenvalue weighted by Gasteiger charge is 2.18. The highest BCUT2D eigenvalue weighted by Crippen LogP contribution is 2.21. The molecule has 0 amide bonds. The molecule has 2 N–H and O–H groups in total. The Hall–Kier alpha value is -3.73. The normalized spacial score (nSPS) is 11.7. The minimum absolute atomic E-state index is 0.0217.